The molecule has 2 fully saturated rings. The Labute approximate surface area is 205 Å². The maximum atomic E-state index is 12.0. The second kappa shape index (κ2) is 12.9. The van der Waals surface area contributed by atoms with E-state index in [-0.39, 0.29) is 12.5 Å². The highest BCUT2D eigenvalue weighted by atomic mass is 16.5. The van der Waals surface area contributed by atoms with Gasteiger partial charge in [0.05, 0.1) is 40.1 Å². The number of carbonyl (C=O) groups excluding carboxylic acids is 1. The molecule has 192 valence electrons. The summed E-state index contributed by atoms with van der Waals surface area (Å²) in [6, 6.07) is 11.6. The van der Waals surface area contributed by atoms with Crippen LogP contribution in [0.4, 0.5) is 0 Å². The van der Waals surface area contributed by atoms with E-state index >= 15 is 0 Å². The van der Waals surface area contributed by atoms with E-state index in [0.29, 0.717) is 30.1 Å². The van der Waals surface area contributed by atoms with Gasteiger partial charge in [-0.25, -0.2) is 0 Å². The predicted molar refractivity (Wildman–Crippen MR) is 127 cm³/mol. The fraction of sp³-hybridized carbons (Fsp3) is 0.500. The average molecular weight is 491 g/mol. The Morgan fingerprint density at radius 2 is 1.77 bits per heavy atom. The highest BCUT2D eigenvalue weighted by Crippen LogP contribution is 2.39. The first-order valence-corrected chi connectivity index (χ1v) is 11.5. The molecular formula is C26H34O9. The van der Waals surface area contributed by atoms with E-state index in [1.807, 2.05) is 30.3 Å². The average Bonchev–Trinajstić information content (AvgIpc) is 3.40. The van der Waals surface area contributed by atoms with E-state index in [0.717, 1.165) is 37.0 Å². The zero-order valence-electron chi connectivity index (χ0n) is 20.3. The van der Waals surface area contributed by atoms with Crippen LogP contribution in [0.2, 0.25) is 0 Å². The van der Waals surface area contributed by atoms with Gasteiger partial charge in [-0.1, -0.05) is 12.1 Å². The monoisotopic (exact) mass is 490 g/mol. The number of aliphatic hydroxyl groups is 3. The molecule has 2 aliphatic heterocycles. The molecule has 2 aromatic carbocycles. The van der Waals surface area contributed by atoms with Crippen LogP contribution in [-0.4, -0.2) is 80.6 Å². The highest BCUT2D eigenvalue weighted by Gasteiger charge is 2.37. The van der Waals surface area contributed by atoms with Crippen molar-refractivity contribution in [3.8, 4) is 17.2 Å². The Kier molecular flexibility index (Phi) is 9.88. The number of benzene rings is 2. The van der Waals surface area contributed by atoms with Gasteiger partial charge in [0.1, 0.15) is 35.6 Å². The molecule has 2 aliphatic rings. The zero-order valence-corrected chi connectivity index (χ0v) is 20.3. The molecule has 4 rings (SSSR count). The number of aliphatic hydroxyl groups excluding tert-OH is 3. The molecule has 3 N–H and O–H groups in total. The molecule has 2 aromatic rings. The van der Waals surface area contributed by atoms with Crippen molar-refractivity contribution >= 4 is 5.78 Å². The molecule has 0 amide bonds. The molecule has 9 heteroatoms. The molecule has 9 nitrogen and oxygen atoms in total. The van der Waals surface area contributed by atoms with Crippen molar-refractivity contribution in [2.24, 2.45) is 0 Å². The normalized spacial score (nSPS) is 23.9. The summed E-state index contributed by atoms with van der Waals surface area (Å²) in [7, 11) is 4.14. The van der Waals surface area contributed by atoms with Gasteiger partial charge < -0.3 is 39.0 Å². The predicted octanol–water partition coefficient (Wildman–Crippen LogP) is 1.82. The first kappa shape index (κ1) is 26.9. The first-order valence-electron chi connectivity index (χ1n) is 11.5. The summed E-state index contributed by atoms with van der Waals surface area (Å²) in [5.74, 6) is 1.49. The molecule has 35 heavy (non-hydrogen) atoms. The summed E-state index contributed by atoms with van der Waals surface area (Å²) >= 11 is 0. The molecule has 0 saturated carbocycles. The van der Waals surface area contributed by atoms with Crippen molar-refractivity contribution in [3.63, 3.8) is 0 Å². The third-order valence-electron chi connectivity index (χ3n) is 6.07. The van der Waals surface area contributed by atoms with Gasteiger partial charge in [-0.05, 0) is 29.3 Å². The number of methoxy groups -OCH3 is 2. The molecule has 0 spiro atoms. The minimum absolute atomic E-state index is 0.0916. The first-order chi connectivity index (χ1) is 17.0. The molecule has 0 aromatic heterocycles. The van der Waals surface area contributed by atoms with Gasteiger partial charge in [0.15, 0.2) is 5.78 Å². The highest BCUT2D eigenvalue weighted by molar-refractivity contribution is 5.88. The molecule has 0 radical (unpaired) electrons. The van der Waals surface area contributed by atoms with E-state index in [1.54, 1.807) is 20.3 Å². The summed E-state index contributed by atoms with van der Waals surface area (Å²) in [5.41, 5.74) is 2.66. The molecule has 2 heterocycles. The van der Waals surface area contributed by atoms with E-state index in [9.17, 15) is 15.0 Å². The van der Waals surface area contributed by atoms with Gasteiger partial charge >= 0.3 is 0 Å². The minimum Gasteiger partial charge on any atom is -0.496 e. The van der Waals surface area contributed by atoms with E-state index in [4.69, 9.17) is 28.8 Å². The van der Waals surface area contributed by atoms with Crippen LogP contribution in [0.15, 0.2) is 36.4 Å². The summed E-state index contributed by atoms with van der Waals surface area (Å²) in [6.07, 6.45) is -1.19. The Hall–Kier alpha value is -2.69. The van der Waals surface area contributed by atoms with Crippen LogP contribution in [0.3, 0.4) is 0 Å². The third-order valence-corrected chi connectivity index (χ3v) is 6.07. The number of ketones is 1. The summed E-state index contributed by atoms with van der Waals surface area (Å²) in [4.78, 5) is 12.0. The van der Waals surface area contributed by atoms with Crippen LogP contribution in [0, 0.1) is 0 Å². The van der Waals surface area contributed by atoms with E-state index < -0.39 is 30.7 Å². The van der Waals surface area contributed by atoms with E-state index in [1.165, 1.54) is 0 Å². The van der Waals surface area contributed by atoms with Crippen molar-refractivity contribution in [3.05, 3.63) is 53.1 Å². The number of ether oxygens (including phenoxy) is 5. The van der Waals surface area contributed by atoms with E-state index in [2.05, 4.69) is 0 Å². The quantitative estimate of drug-likeness (QED) is 0.508. The molecule has 0 aliphatic carbocycles. The van der Waals surface area contributed by atoms with Crippen molar-refractivity contribution in [1.29, 1.82) is 0 Å². The zero-order chi connectivity index (χ0) is 25.4. The molecule has 4 unspecified atom stereocenters. The lowest BCUT2D eigenvalue weighted by atomic mass is 9.92. The van der Waals surface area contributed by atoms with Crippen molar-refractivity contribution in [1.82, 2.24) is 0 Å². The van der Waals surface area contributed by atoms with Crippen molar-refractivity contribution in [2.45, 2.75) is 43.7 Å². The van der Waals surface area contributed by atoms with Crippen LogP contribution in [0.1, 0.15) is 35.6 Å². The van der Waals surface area contributed by atoms with Crippen LogP contribution < -0.4 is 14.2 Å². The molecular weight excluding hydrogens is 456 g/mol. The number of Topliss-reactive ketones (excluding diaryl/α,β-unsaturated/α-hetero) is 1. The third kappa shape index (κ3) is 6.50. The molecule has 2 saturated heterocycles. The Morgan fingerprint density at radius 3 is 2.37 bits per heavy atom. The van der Waals surface area contributed by atoms with Crippen molar-refractivity contribution < 1.29 is 43.8 Å². The second-order valence-electron chi connectivity index (χ2n) is 8.28. The lowest BCUT2D eigenvalue weighted by molar-refractivity contribution is -0.162. The number of hydrogen-bond acceptors (Lipinski definition) is 9. The van der Waals surface area contributed by atoms with Gasteiger partial charge in [-0.2, -0.15) is 0 Å². The van der Waals surface area contributed by atoms with Gasteiger partial charge in [0, 0.05) is 38.0 Å². The Balaban J connectivity index is 0.00000167. The molecule has 0 bridgehead atoms. The van der Waals surface area contributed by atoms with Gasteiger partial charge in [0.25, 0.3) is 0 Å². The number of rotatable bonds is 8. The lowest BCUT2D eigenvalue weighted by Gasteiger charge is -2.32. The van der Waals surface area contributed by atoms with Crippen LogP contribution in [0.5, 0.6) is 17.2 Å². The number of hydrogen-bond donors (Lipinski definition) is 3. The van der Waals surface area contributed by atoms with Gasteiger partial charge in [-0.15, -0.1) is 0 Å². The Bertz CT molecular complexity index is 954. The minimum atomic E-state index is -1.20. The topological polar surface area (TPSA) is 124 Å². The standard InChI is InChI=1S/C25H30O8.CH4O/c1-29-21-12-22(30-2)19(23-11-20(27)25(28)24(13-26)33-23)10-16(21)9-15-3-5-17(6-4-15)32-18-7-8-31-14-18;1-2/h3-6,10,12,18,20,23-24,26-27H,7-9,11,13-14H2,1-2H3;2H,1H3. The second-order valence-corrected chi connectivity index (χ2v) is 8.28. The smallest absolute Gasteiger partial charge is 0.192 e. The summed E-state index contributed by atoms with van der Waals surface area (Å²) in [6.45, 7) is 0.866. The van der Waals surface area contributed by atoms with Crippen LogP contribution >= 0.6 is 0 Å². The Morgan fingerprint density at radius 1 is 1.06 bits per heavy atom. The lowest BCUT2D eigenvalue weighted by Crippen LogP contribution is -2.43. The van der Waals surface area contributed by atoms with Crippen LogP contribution in [0.25, 0.3) is 0 Å². The maximum absolute atomic E-state index is 12.0. The summed E-state index contributed by atoms with van der Waals surface area (Å²) in [5, 5.41) is 26.7. The van der Waals surface area contributed by atoms with Crippen LogP contribution in [-0.2, 0) is 20.7 Å². The van der Waals surface area contributed by atoms with Gasteiger partial charge in [-0.3, -0.25) is 4.79 Å². The summed E-state index contributed by atoms with van der Waals surface area (Å²) < 4.78 is 28.2. The van der Waals surface area contributed by atoms with Gasteiger partial charge in [0.2, 0.25) is 0 Å². The fourth-order valence-corrected chi connectivity index (χ4v) is 4.27. The molecule has 4 atom stereocenters. The number of carbonyl (C=O) groups is 1. The SMILES string of the molecule is CO.COc1cc(OC)c(C2CC(O)C(=O)C(CO)O2)cc1Cc1ccc(OC2CCOC2)cc1. The largest absolute Gasteiger partial charge is 0.496 e. The maximum Gasteiger partial charge on any atom is 0.192 e. The van der Waals surface area contributed by atoms with Crippen molar-refractivity contribution in [2.75, 3.05) is 41.2 Å². The fourth-order valence-electron chi connectivity index (χ4n) is 4.27.